The van der Waals surface area contributed by atoms with Crippen LogP contribution in [0.3, 0.4) is 0 Å². The summed E-state index contributed by atoms with van der Waals surface area (Å²) in [5.74, 6) is -2.19. The van der Waals surface area contributed by atoms with Crippen LogP contribution in [-0.2, 0) is 14.3 Å². The number of hydrogen-bond acceptors (Lipinski definition) is 3. The van der Waals surface area contributed by atoms with E-state index in [-0.39, 0.29) is 12.8 Å². The van der Waals surface area contributed by atoms with Gasteiger partial charge in [0.2, 0.25) is 5.91 Å². The second-order valence-corrected chi connectivity index (χ2v) is 5.23. The molecule has 0 aliphatic carbocycles. The summed E-state index contributed by atoms with van der Waals surface area (Å²) in [5.41, 5.74) is -0.683. The lowest BCUT2D eigenvalue weighted by Crippen LogP contribution is -2.38. The van der Waals surface area contributed by atoms with Crippen LogP contribution in [0.25, 0.3) is 0 Å². The fourth-order valence-electron chi connectivity index (χ4n) is 1.34. The van der Waals surface area contributed by atoms with Crippen molar-refractivity contribution in [2.75, 3.05) is 6.54 Å². The molecule has 0 radical (unpaired) electrons. The van der Waals surface area contributed by atoms with E-state index in [2.05, 4.69) is 0 Å². The molecule has 0 aliphatic heterocycles. The van der Waals surface area contributed by atoms with Crippen LogP contribution in [0.15, 0.2) is 0 Å². The summed E-state index contributed by atoms with van der Waals surface area (Å²) in [7, 11) is 0. The van der Waals surface area contributed by atoms with E-state index >= 15 is 0 Å². The Morgan fingerprint density at radius 2 is 1.74 bits per heavy atom. The first-order chi connectivity index (χ1) is 8.44. The van der Waals surface area contributed by atoms with E-state index in [0.717, 1.165) is 0 Å². The number of rotatable bonds is 5. The summed E-state index contributed by atoms with van der Waals surface area (Å²) in [6.45, 7) is 5.26. The lowest BCUT2D eigenvalue weighted by atomic mass is 10.0. The quantitative estimate of drug-likeness (QED) is 0.788. The van der Waals surface area contributed by atoms with Gasteiger partial charge in [0, 0.05) is 5.92 Å². The molecular formula is C12H20F3NO3. The zero-order valence-corrected chi connectivity index (χ0v) is 11.6. The van der Waals surface area contributed by atoms with E-state index in [9.17, 15) is 22.8 Å². The molecule has 0 saturated carbocycles. The van der Waals surface area contributed by atoms with Crippen LogP contribution in [0, 0.1) is 5.92 Å². The molecule has 1 atom stereocenters. The lowest BCUT2D eigenvalue weighted by molar-refractivity contribution is -0.158. The van der Waals surface area contributed by atoms with Gasteiger partial charge in [-0.1, -0.05) is 6.92 Å². The number of alkyl halides is 3. The van der Waals surface area contributed by atoms with E-state index in [1.807, 2.05) is 0 Å². The minimum absolute atomic E-state index is 0.225. The topological polar surface area (TPSA) is 55.4 Å². The molecule has 0 rings (SSSR count). The SMILES string of the molecule is CCC(CC(=O)OC(C)(C)C)C(=O)NCC(F)(F)F. The van der Waals surface area contributed by atoms with E-state index in [1.165, 1.54) is 0 Å². The van der Waals surface area contributed by atoms with E-state index in [1.54, 1.807) is 33.0 Å². The fraction of sp³-hybridized carbons (Fsp3) is 0.833. The van der Waals surface area contributed by atoms with Crippen LogP contribution in [0.5, 0.6) is 0 Å². The van der Waals surface area contributed by atoms with Gasteiger partial charge in [0.25, 0.3) is 0 Å². The van der Waals surface area contributed by atoms with E-state index in [4.69, 9.17) is 4.74 Å². The molecule has 0 bridgehead atoms. The molecule has 0 aromatic heterocycles. The number of ether oxygens (including phenoxy) is 1. The van der Waals surface area contributed by atoms with Crippen molar-refractivity contribution in [1.82, 2.24) is 5.32 Å². The van der Waals surface area contributed by atoms with E-state index < -0.39 is 36.1 Å². The number of amides is 1. The van der Waals surface area contributed by atoms with Gasteiger partial charge in [0.1, 0.15) is 12.1 Å². The average Bonchev–Trinajstić information content (AvgIpc) is 2.18. The molecule has 0 saturated heterocycles. The van der Waals surface area contributed by atoms with Crippen molar-refractivity contribution in [3.05, 3.63) is 0 Å². The third kappa shape index (κ3) is 9.32. The Kier molecular flexibility index (Phi) is 6.32. The Morgan fingerprint density at radius 1 is 1.21 bits per heavy atom. The molecule has 4 nitrogen and oxygen atoms in total. The number of carbonyl (C=O) groups excluding carboxylic acids is 2. The molecule has 0 aromatic carbocycles. The highest BCUT2D eigenvalue weighted by Crippen LogP contribution is 2.16. The average molecular weight is 283 g/mol. The molecule has 1 unspecified atom stereocenters. The number of esters is 1. The van der Waals surface area contributed by atoms with Gasteiger partial charge in [-0.05, 0) is 27.2 Å². The standard InChI is InChI=1S/C12H20F3NO3/c1-5-8(6-9(17)19-11(2,3)4)10(18)16-7-12(13,14)15/h8H,5-7H2,1-4H3,(H,16,18). The highest BCUT2D eigenvalue weighted by molar-refractivity contribution is 5.83. The highest BCUT2D eigenvalue weighted by Gasteiger charge is 2.30. The predicted octanol–water partition coefficient (Wildman–Crippen LogP) is 2.42. The van der Waals surface area contributed by atoms with Crippen molar-refractivity contribution >= 4 is 11.9 Å². The van der Waals surface area contributed by atoms with Gasteiger partial charge in [-0.2, -0.15) is 13.2 Å². The van der Waals surface area contributed by atoms with Crippen LogP contribution < -0.4 is 5.32 Å². The van der Waals surface area contributed by atoms with Crippen molar-refractivity contribution in [2.45, 2.75) is 52.3 Å². The Hall–Kier alpha value is -1.27. The molecular weight excluding hydrogens is 263 g/mol. The molecule has 0 aliphatic rings. The van der Waals surface area contributed by atoms with Gasteiger partial charge in [-0.15, -0.1) is 0 Å². The Morgan fingerprint density at radius 3 is 2.11 bits per heavy atom. The number of nitrogens with one attached hydrogen (secondary N) is 1. The molecule has 0 aromatic rings. The molecule has 1 amide bonds. The van der Waals surface area contributed by atoms with Gasteiger partial charge in [0.05, 0.1) is 6.42 Å². The first-order valence-electron chi connectivity index (χ1n) is 6.01. The largest absolute Gasteiger partial charge is 0.460 e. The highest BCUT2D eigenvalue weighted by atomic mass is 19.4. The van der Waals surface area contributed by atoms with Crippen LogP contribution in [0.1, 0.15) is 40.5 Å². The molecule has 112 valence electrons. The molecule has 1 N–H and O–H groups in total. The third-order valence-corrected chi connectivity index (χ3v) is 2.16. The van der Waals surface area contributed by atoms with Crippen LogP contribution in [-0.4, -0.2) is 30.2 Å². The van der Waals surface area contributed by atoms with Crippen molar-refractivity contribution in [3.8, 4) is 0 Å². The Bertz CT molecular complexity index is 321. The monoisotopic (exact) mass is 283 g/mol. The van der Waals surface area contributed by atoms with Crippen molar-refractivity contribution < 1.29 is 27.5 Å². The molecule has 0 heterocycles. The summed E-state index contributed by atoms with van der Waals surface area (Å²) in [5, 5.41) is 1.77. The maximum atomic E-state index is 12.0. The van der Waals surface area contributed by atoms with Gasteiger partial charge in [-0.3, -0.25) is 9.59 Å². The smallest absolute Gasteiger partial charge is 0.405 e. The van der Waals surface area contributed by atoms with Crippen LogP contribution in [0.4, 0.5) is 13.2 Å². The number of halogens is 3. The van der Waals surface area contributed by atoms with Crippen molar-refractivity contribution in [1.29, 1.82) is 0 Å². The van der Waals surface area contributed by atoms with Crippen molar-refractivity contribution in [2.24, 2.45) is 5.92 Å². The van der Waals surface area contributed by atoms with Gasteiger partial charge in [-0.25, -0.2) is 0 Å². The summed E-state index contributed by atoms with van der Waals surface area (Å²) in [6.07, 6.45) is -4.42. The van der Waals surface area contributed by atoms with Gasteiger partial charge >= 0.3 is 12.1 Å². The maximum Gasteiger partial charge on any atom is 0.405 e. The Labute approximate surface area is 110 Å². The Balaban J connectivity index is 4.34. The normalized spacial score (nSPS) is 13.8. The first kappa shape index (κ1) is 17.7. The van der Waals surface area contributed by atoms with Gasteiger partial charge < -0.3 is 10.1 Å². The fourth-order valence-corrected chi connectivity index (χ4v) is 1.34. The summed E-state index contributed by atoms with van der Waals surface area (Å²) in [6, 6.07) is 0. The summed E-state index contributed by atoms with van der Waals surface area (Å²) < 4.78 is 40.9. The second kappa shape index (κ2) is 6.77. The minimum Gasteiger partial charge on any atom is -0.460 e. The van der Waals surface area contributed by atoms with Gasteiger partial charge in [0.15, 0.2) is 0 Å². The maximum absolute atomic E-state index is 12.0. The number of carbonyl (C=O) groups is 2. The minimum atomic E-state index is -4.46. The van der Waals surface area contributed by atoms with E-state index in [0.29, 0.717) is 0 Å². The predicted molar refractivity (Wildman–Crippen MR) is 63.3 cm³/mol. The molecule has 19 heavy (non-hydrogen) atoms. The number of hydrogen-bond donors (Lipinski definition) is 1. The summed E-state index contributed by atoms with van der Waals surface area (Å²) in [4.78, 5) is 23.0. The summed E-state index contributed by atoms with van der Waals surface area (Å²) >= 11 is 0. The zero-order valence-electron chi connectivity index (χ0n) is 11.6. The van der Waals surface area contributed by atoms with Crippen LogP contribution in [0.2, 0.25) is 0 Å². The molecule has 0 fully saturated rings. The van der Waals surface area contributed by atoms with Crippen LogP contribution >= 0.6 is 0 Å². The molecule has 7 heteroatoms. The van der Waals surface area contributed by atoms with Crippen molar-refractivity contribution in [3.63, 3.8) is 0 Å². The third-order valence-electron chi connectivity index (χ3n) is 2.16. The first-order valence-corrected chi connectivity index (χ1v) is 6.01. The molecule has 0 spiro atoms. The zero-order chi connectivity index (χ0) is 15.3. The lowest BCUT2D eigenvalue weighted by Gasteiger charge is -2.21. The second-order valence-electron chi connectivity index (χ2n) is 5.23.